The van der Waals surface area contributed by atoms with E-state index in [0.29, 0.717) is 16.9 Å². The number of rotatable bonds is 3. The fraction of sp³-hybridized carbons (Fsp3) is 0.176. The van der Waals surface area contributed by atoms with Gasteiger partial charge in [-0.1, -0.05) is 12.1 Å². The molecule has 3 aromatic rings. The molecule has 0 fully saturated rings. The summed E-state index contributed by atoms with van der Waals surface area (Å²) in [6.07, 6.45) is 0. The number of para-hydroxylation sites is 2. The number of nitrogens with zero attached hydrogens (tertiary/aromatic N) is 2. The summed E-state index contributed by atoms with van der Waals surface area (Å²) in [5.41, 5.74) is 0.928. The molecule has 5 heteroatoms. The van der Waals surface area contributed by atoms with Crippen molar-refractivity contribution in [3.8, 4) is 11.4 Å². The summed E-state index contributed by atoms with van der Waals surface area (Å²) in [7, 11) is 0. The molecule has 0 aliphatic rings. The van der Waals surface area contributed by atoms with Crippen LogP contribution in [0.15, 0.2) is 48.5 Å². The fourth-order valence-corrected chi connectivity index (χ4v) is 2.48. The number of hydrogen-bond donors (Lipinski definition) is 1. The summed E-state index contributed by atoms with van der Waals surface area (Å²) in [6, 6.07) is 13.2. The van der Waals surface area contributed by atoms with Crippen molar-refractivity contribution in [1.29, 1.82) is 0 Å². The van der Waals surface area contributed by atoms with E-state index in [0.717, 1.165) is 5.52 Å². The molecule has 112 valence electrons. The lowest BCUT2D eigenvalue weighted by Crippen LogP contribution is -2.36. The van der Waals surface area contributed by atoms with Crippen LogP contribution in [0.1, 0.15) is 13.8 Å². The lowest BCUT2D eigenvalue weighted by molar-refractivity contribution is -0.145. The Kier molecular flexibility index (Phi) is 3.20. The summed E-state index contributed by atoms with van der Waals surface area (Å²) in [5.74, 6) is -0.795. The number of imidazole rings is 1. The largest absolute Gasteiger partial charge is 0.480 e. The Bertz CT molecular complexity index is 851. The molecule has 1 N–H and O–H groups in total. The normalized spacial score (nSPS) is 11.8. The molecule has 0 amide bonds. The zero-order valence-corrected chi connectivity index (χ0v) is 12.2. The van der Waals surface area contributed by atoms with Gasteiger partial charge in [-0.05, 0) is 50.2 Å². The first-order valence-electron chi connectivity index (χ1n) is 6.88. The zero-order valence-electron chi connectivity index (χ0n) is 12.2. The number of halogens is 1. The summed E-state index contributed by atoms with van der Waals surface area (Å²) in [5, 5.41) is 9.58. The zero-order chi connectivity index (χ0) is 15.9. The van der Waals surface area contributed by atoms with Gasteiger partial charge in [-0.3, -0.25) is 0 Å². The van der Waals surface area contributed by atoms with Crippen molar-refractivity contribution in [3.63, 3.8) is 0 Å². The van der Waals surface area contributed by atoms with Crippen LogP contribution in [0, 0.1) is 5.82 Å². The topological polar surface area (TPSA) is 55.1 Å². The maximum Gasteiger partial charge on any atom is 0.329 e. The van der Waals surface area contributed by atoms with Crippen LogP contribution in [0.3, 0.4) is 0 Å². The smallest absolute Gasteiger partial charge is 0.329 e. The SMILES string of the molecule is CC(C)(C(=O)O)n1c(-c2ccc(F)cc2)nc2ccccc21. The van der Waals surface area contributed by atoms with Crippen LogP contribution in [-0.2, 0) is 10.3 Å². The number of benzene rings is 2. The summed E-state index contributed by atoms with van der Waals surface area (Å²) < 4.78 is 14.8. The van der Waals surface area contributed by atoms with Gasteiger partial charge in [0.25, 0.3) is 0 Å². The average molecular weight is 298 g/mol. The van der Waals surface area contributed by atoms with Crippen molar-refractivity contribution < 1.29 is 14.3 Å². The lowest BCUT2D eigenvalue weighted by Gasteiger charge is -2.24. The Morgan fingerprint density at radius 1 is 1.14 bits per heavy atom. The van der Waals surface area contributed by atoms with E-state index in [9.17, 15) is 14.3 Å². The number of carboxylic acids is 1. The second-order valence-corrected chi connectivity index (χ2v) is 5.63. The molecule has 1 heterocycles. The second-order valence-electron chi connectivity index (χ2n) is 5.63. The van der Waals surface area contributed by atoms with Gasteiger partial charge in [-0.2, -0.15) is 0 Å². The summed E-state index contributed by atoms with van der Waals surface area (Å²) in [4.78, 5) is 16.2. The number of hydrogen-bond acceptors (Lipinski definition) is 2. The van der Waals surface area contributed by atoms with E-state index < -0.39 is 11.5 Å². The van der Waals surface area contributed by atoms with Gasteiger partial charge in [-0.25, -0.2) is 14.2 Å². The quantitative estimate of drug-likeness (QED) is 0.802. The molecule has 3 rings (SSSR count). The van der Waals surface area contributed by atoms with Crippen LogP contribution in [-0.4, -0.2) is 20.6 Å². The first kappa shape index (κ1) is 14.3. The molecule has 22 heavy (non-hydrogen) atoms. The Morgan fingerprint density at radius 3 is 2.41 bits per heavy atom. The van der Waals surface area contributed by atoms with Crippen LogP contribution < -0.4 is 0 Å². The van der Waals surface area contributed by atoms with E-state index in [4.69, 9.17) is 0 Å². The number of aliphatic carboxylic acids is 1. The molecular formula is C17H15FN2O2. The number of fused-ring (bicyclic) bond motifs is 1. The molecular weight excluding hydrogens is 283 g/mol. The number of carboxylic acid groups (broad SMARTS) is 1. The predicted octanol–water partition coefficient (Wildman–Crippen LogP) is 3.66. The summed E-state index contributed by atoms with van der Waals surface area (Å²) in [6.45, 7) is 3.24. The number of carbonyl (C=O) groups is 1. The minimum Gasteiger partial charge on any atom is -0.480 e. The lowest BCUT2D eigenvalue weighted by atomic mass is 10.0. The first-order chi connectivity index (χ1) is 10.4. The maximum absolute atomic E-state index is 13.1. The molecule has 0 unspecified atom stereocenters. The van der Waals surface area contributed by atoms with Gasteiger partial charge in [0.2, 0.25) is 0 Å². The monoisotopic (exact) mass is 298 g/mol. The van der Waals surface area contributed by atoms with E-state index >= 15 is 0 Å². The minimum absolute atomic E-state index is 0.344. The van der Waals surface area contributed by atoms with E-state index in [2.05, 4.69) is 4.98 Å². The molecule has 0 aliphatic heterocycles. The van der Waals surface area contributed by atoms with Gasteiger partial charge in [0.05, 0.1) is 11.0 Å². The number of aromatic nitrogens is 2. The molecule has 2 aromatic carbocycles. The summed E-state index contributed by atoms with van der Waals surface area (Å²) >= 11 is 0. The standard InChI is InChI=1S/C17H15FN2O2/c1-17(2,16(21)22)20-14-6-4-3-5-13(14)19-15(20)11-7-9-12(18)10-8-11/h3-10H,1-2H3,(H,21,22). The fourth-order valence-electron chi connectivity index (χ4n) is 2.48. The Hall–Kier alpha value is -2.69. The van der Waals surface area contributed by atoms with Crippen molar-refractivity contribution in [1.82, 2.24) is 9.55 Å². The van der Waals surface area contributed by atoms with Crippen molar-refractivity contribution >= 4 is 17.0 Å². The molecule has 0 saturated heterocycles. The minimum atomic E-state index is -1.18. The molecule has 4 nitrogen and oxygen atoms in total. The van der Waals surface area contributed by atoms with Crippen LogP contribution in [0.4, 0.5) is 4.39 Å². The molecule has 0 atom stereocenters. The van der Waals surface area contributed by atoms with Crippen LogP contribution in [0.5, 0.6) is 0 Å². The molecule has 0 radical (unpaired) electrons. The van der Waals surface area contributed by atoms with Gasteiger partial charge in [0, 0.05) is 5.56 Å². The Labute approximate surface area is 126 Å². The molecule has 0 bridgehead atoms. The highest BCUT2D eigenvalue weighted by Gasteiger charge is 2.33. The van der Waals surface area contributed by atoms with Crippen LogP contribution in [0.25, 0.3) is 22.4 Å². The van der Waals surface area contributed by atoms with Gasteiger partial charge >= 0.3 is 5.97 Å². The van der Waals surface area contributed by atoms with Crippen LogP contribution >= 0.6 is 0 Å². The molecule has 0 saturated carbocycles. The highest BCUT2D eigenvalue weighted by atomic mass is 19.1. The van der Waals surface area contributed by atoms with Crippen molar-refractivity contribution in [2.45, 2.75) is 19.4 Å². The second kappa shape index (κ2) is 4.94. The van der Waals surface area contributed by atoms with Gasteiger partial charge in [0.15, 0.2) is 0 Å². The Balaban J connectivity index is 2.34. The van der Waals surface area contributed by atoms with E-state index in [1.807, 2.05) is 24.3 Å². The van der Waals surface area contributed by atoms with Gasteiger partial charge < -0.3 is 9.67 Å². The first-order valence-corrected chi connectivity index (χ1v) is 6.88. The van der Waals surface area contributed by atoms with Crippen molar-refractivity contribution in [3.05, 3.63) is 54.3 Å². The van der Waals surface area contributed by atoms with Crippen molar-refractivity contribution in [2.24, 2.45) is 0 Å². The highest BCUT2D eigenvalue weighted by Crippen LogP contribution is 2.31. The Morgan fingerprint density at radius 2 is 1.77 bits per heavy atom. The van der Waals surface area contributed by atoms with Crippen LogP contribution in [0.2, 0.25) is 0 Å². The third kappa shape index (κ3) is 2.15. The third-order valence-corrected chi connectivity index (χ3v) is 3.75. The van der Waals surface area contributed by atoms with E-state index in [1.165, 1.54) is 12.1 Å². The molecule has 0 spiro atoms. The molecule has 1 aromatic heterocycles. The maximum atomic E-state index is 13.1. The predicted molar refractivity (Wildman–Crippen MR) is 82.1 cm³/mol. The third-order valence-electron chi connectivity index (χ3n) is 3.75. The average Bonchev–Trinajstić information content (AvgIpc) is 2.87. The molecule has 0 aliphatic carbocycles. The van der Waals surface area contributed by atoms with E-state index in [1.54, 1.807) is 30.5 Å². The van der Waals surface area contributed by atoms with Gasteiger partial charge in [-0.15, -0.1) is 0 Å². The highest BCUT2D eigenvalue weighted by molar-refractivity contribution is 5.86. The van der Waals surface area contributed by atoms with Crippen molar-refractivity contribution in [2.75, 3.05) is 0 Å². The van der Waals surface area contributed by atoms with E-state index in [-0.39, 0.29) is 5.82 Å². The van der Waals surface area contributed by atoms with Gasteiger partial charge in [0.1, 0.15) is 17.2 Å².